The molecule has 1 fully saturated rings. The Balaban J connectivity index is 2.30. The van der Waals surface area contributed by atoms with Gasteiger partial charge in [0.2, 0.25) is 0 Å². The number of rotatable bonds is 4. The van der Waals surface area contributed by atoms with Gasteiger partial charge in [-0.1, -0.05) is 0 Å². The van der Waals surface area contributed by atoms with Crippen LogP contribution in [0.4, 0.5) is 8.78 Å². The maximum atomic E-state index is 12.4. The zero-order valence-corrected chi connectivity index (χ0v) is 10.4. The van der Waals surface area contributed by atoms with Crippen LogP contribution in [-0.2, 0) is 13.1 Å². The van der Waals surface area contributed by atoms with Crippen LogP contribution in [-0.4, -0.2) is 33.9 Å². The van der Waals surface area contributed by atoms with Crippen molar-refractivity contribution >= 4 is 0 Å². The van der Waals surface area contributed by atoms with Crippen molar-refractivity contribution < 1.29 is 8.78 Å². The van der Waals surface area contributed by atoms with E-state index >= 15 is 0 Å². The molecule has 0 saturated carbocycles. The Labute approximate surface area is 104 Å². The number of aromatic nitrogens is 3. The molecular weight excluding hydrogens is 242 g/mol. The van der Waals surface area contributed by atoms with Gasteiger partial charge in [-0.2, -0.15) is 5.10 Å². The summed E-state index contributed by atoms with van der Waals surface area (Å²) in [6, 6.07) is 0. The van der Waals surface area contributed by atoms with Crippen LogP contribution in [0.5, 0.6) is 0 Å². The van der Waals surface area contributed by atoms with E-state index in [9.17, 15) is 13.6 Å². The van der Waals surface area contributed by atoms with Crippen molar-refractivity contribution in [2.24, 2.45) is 0 Å². The summed E-state index contributed by atoms with van der Waals surface area (Å²) < 4.78 is 27.1. The van der Waals surface area contributed by atoms with Crippen molar-refractivity contribution in [1.82, 2.24) is 19.7 Å². The number of halogens is 2. The lowest BCUT2D eigenvalue weighted by molar-refractivity contribution is 0.120. The second-order valence-electron chi connectivity index (χ2n) is 4.50. The van der Waals surface area contributed by atoms with E-state index in [2.05, 4.69) is 10.4 Å². The molecule has 1 saturated heterocycles. The molecule has 1 aromatic heterocycles. The number of hydrogen-bond acceptors (Lipinski definition) is 3. The minimum Gasteiger partial charge on any atom is -0.316 e. The van der Waals surface area contributed by atoms with Gasteiger partial charge in [0.1, 0.15) is 12.4 Å². The van der Waals surface area contributed by atoms with E-state index in [1.165, 1.54) is 4.57 Å². The van der Waals surface area contributed by atoms with Crippen molar-refractivity contribution in [2.75, 3.05) is 13.1 Å². The lowest BCUT2D eigenvalue weighted by Gasteiger charge is -2.21. The molecule has 0 radical (unpaired) electrons. The van der Waals surface area contributed by atoms with Gasteiger partial charge in [-0.15, -0.1) is 0 Å². The number of alkyl halides is 2. The minimum atomic E-state index is -2.56. The van der Waals surface area contributed by atoms with Crippen molar-refractivity contribution in [1.29, 1.82) is 0 Å². The summed E-state index contributed by atoms with van der Waals surface area (Å²) in [5.74, 6) is 0.778. The zero-order chi connectivity index (χ0) is 13.1. The third-order valence-electron chi connectivity index (χ3n) is 3.24. The number of nitrogens with zero attached hydrogens (tertiary/aromatic N) is 3. The summed E-state index contributed by atoms with van der Waals surface area (Å²) in [5.41, 5.74) is -0.432. The molecule has 1 atom stereocenters. The molecule has 0 spiro atoms. The Hall–Kier alpha value is -1.24. The second-order valence-corrected chi connectivity index (χ2v) is 4.50. The molecule has 2 heterocycles. The van der Waals surface area contributed by atoms with E-state index in [1.807, 2.05) is 6.92 Å². The van der Waals surface area contributed by atoms with Crippen molar-refractivity contribution in [3.05, 3.63) is 16.3 Å². The van der Waals surface area contributed by atoms with Crippen LogP contribution >= 0.6 is 0 Å². The summed E-state index contributed by atoms with van der Waals surface area (Å²) >= 11 is 0. The second kappa shape index (κ2) is 5.60. The first kappa shape index (κ1) is 13.2. The van der Waals surface area contributed by atoms with Gasteiger partial charge in [-0.25, -0.2) is 18.3 Å². The third kappa shape index (κ3) is 2.60. The van der Waals surface area contributed by atoms with E-state index in [0.29, 0.717) is 12.4 Å². The predicted molar refractivity (Wildman–Crippen MR) is 63.0 cm³/mol. The van der Waals surface area contributed by atoms with E-state index in [4.69, 9.17) is 0 Å². The van der Waals surface area contributed by atoms with Gasteiger partial charge in [0.15, 0.2) is 0 Å². The molecular formula is C11H18F2N4O. The summed E-state index contributed by atoms with van der Waals surface area (Å²) in [6.07, 6.45) is -0.595. The number of nitrogens with one attached hydrogen (secondary N) is 1. The molecule has 0 bridgehead atoms. The molecule has 7 heteroatoms. The molecule has 18 heavy (non-hydrogen) atoms. The fourth-order valence-corrected chi connectivity index (χ4v) is 2.38. The highest BCUT2D eigenvalue weighted by atomic mass is 19.3. The lowest BCUT2D eigenvalue weighted by Crippen LogP contribution is -2.31. The van der Waals surface area contributed by atoms with Crippen LogP contribution in [0.2, 0.25) is 0 Å². The highest BCUT2D eigenvalue weighted by Crippen LogP contribution is 2.20. The molecule has 1 aliphatic heterocycles. The van der Waals surface area contributed by atoms with Crippen LogP contribution in [0.1, 0.15) is 31.5 Å². The molecule has 1 unspecified atom stereocenters. The normalized spacial score (nSPS) is 20.6. The fourth-order valence-electron chi connectivity index (χ4n) is 2.38. The van der Waals surface area contributed by atoms with E-state index in [1.54, 1.807) is 0 Å². The van der Waals surface area contributed by atoms with Crippen LogP contribution in [0.25, 0.3) is 0 Å². The van der Waals surface area contributed by atoms with Crippen molar-refractivity contribution in [2.45, 2.75) is 45.2 Å². The molecule has 1 N–H and O–H groups in total. The molecule has 1 aromatic rings. The van der Waals surface area contributed by atoms with Gasteiger partial charge in [0.25, 0.3) is 6.43 Å². The Kier molecular flexibility index (Phi) is 4.11. The van der Waals surface area contributed by atoms with E-state index in [-0.39, 0.29) is 5.92 Å². The number of piperidine rings is 1. The average Bonchev–Trinajstić information content (AvgIpc) is 2.67. The van der Waals surface area contributed by atoms with Crippen LogP contribution in [0.3, 0.4) is 0 Å². The van der Waals surface area contributed by atoms with Gasteiger partial charge in [0, 0.05) is 19.0 Å². The highest BCUT2D eigenvalue weighted by molar-refractivity contribution is 5.00. The Bertz CT molecular complexity index is 448. The van der Waals surface area contributed by atoms with Gasteiger partial charge in [-0.05, 0) is 26.3 Å². The van der Waals surface area contributed by atoms with Gasteiger partial charge >= 0.3 is 5.69 Å². The fraction of sp³-hybridized carbons (Fsp3) is 0.818. The first-order chi connectivity index (χ1) is 8.63. The lowest BCUT2D eigenvalue weighted by atomic mass is 9.99. The Morgan fingerprint density at radius 1 is 1.56 bits per heavy atom. The van der Waals surface area contributed by atoms with Crippen LogP contribution < -0.4 is 11.0 Å². The van der Waals surface area contributed by atoms with E-state index in [0.717, 1.165) is 30.6 Å². The summed E-state index contributed by atoms with van der Waals surface area (Å²) in [6.45, 7) is 3.39. The Morgan fingerprint density at radius 2 is 2.33 bits per heavy atom. The first-order valence-electron chi connectivity index (χ1n) is 6.30. The molecule has 102 valence electrons. The monoisotopic (exact) mass is 260 g/mol. The van der Waals surface area contributed by atoms with Crippen LogP contribution in [0, 0.1) is 0 Å². The van der Waals surface area contributed by atoms with Gasteiger partial charge in [-0.3, -0.25) is 4.57 Å². The standard InChI is InChI=1S/C11H18F2N4O/c1-2-16-10(8-4-3-5-14-6-8)15-17(11(16)18)7-9(12)13/h8-9,14H,2-7H2,1H3. The quantitative estimate of drug-likeness (QED) is 0.871. The molecule has 1 aliphatic rings. The Morgan fingerprint density at radius 3 is 2.89 bits per heavy atom. The number of hydrogen-bond donors (Lipinski definition) is 1. The van der Waals surface area contributed by atoms with Gasteiger partial charge in [0.05, 0.1) is 0 Å². The summed E-state index contributed by atoms with van der Waals surface area (Å²) in [5, 5.41) is 7.33. The molecule has 0 aliphatic carbocycles. The maximum Gasteiger partial charge on any atom is 0.346 e. The van der Waals surface area contributed by atoms with Gasteiger partial charge < -0.3 is 5.32 Å². The molecule has 0 amide bonds. The topological polar surface area (TPSA) is 51.9 Å². The van der Waals surface area contributed by atoms with Crippen molar-refractivity contribution in [3.8, 4) is 0 Å². The SMILES string of the molecule is CCn1c(C2CCCNC2)nn(CC(F)F)c1=O. The molecule has 5 nitrogen and oxygen atoms in total. The first-order valence-corrected chi connectivity index (χ1v) is 6.30. The maximum absolute atomic E-state index is 12.4. The third-order valence-corrected chi connectivity index (χ3v) is 3.24. The summed E-state index contributed by atoms with van der Waals surface area (Å²) in [4.78, 5) is 11.9. The smallest absolute Gasteiger partial charge is 0.316 e. The molecule has 2 rings (SSSR count). The minimum absolute atomic E-state index is 0.144. The van der Waals surface area contributed by atoms with Crippen molar-refractivity contribution in [3.63, 3.8) is 0 Å². The van der Waals surface area contributed by atoms with Crippen LogP contribution in [0.15, 0.2) is 4.79 Å². The predicted octanol–water partition coefficient (Wildman–Crippen LogP) is 0.797. The largest absolute Gasteiger partial charge is 0.346 e. The highest BCUT2D eigenvalue weighted by Gasteiger charge is 2.23. The zero-order valence-electron chi connectivity index (χ0n) is 10.4. The molecule has 0 aromatic carbocycles. The summed E-state index contributed by atoms with van der Waals surface area (Å²) in [7, 11) is 0. The van der Waals surface area contributed by atoms with E-state index < -0.39 is 18.7 Å². The average molecular weight is 260 g/mol.